The van der Waals surface area contributed by atoms with Gasteiger partial charge in [-0.2, -0.15) is 0 Å². The number of para-hydroxylation sites is 1. The van der Waals surface area contributed by atoms with Crippen LogP contribution in [-0.4, -0.2) is 25.5 Å². The summed E-state index contributed by atoms with van der Waals surface area (Å²) in [6.07, 6.45) is 1.75. The molecule has 1 saturated heterocycles. The summed E-state index contributed by atoms with van der Waals surface area (Å²) in [4.78, 5) is 37.6. The van der Waals surface area contributed by atoms with Crippen LogP contribution in [0.1, 0.15) is 33.6 Å². The zero-order chi connectivity index (χ0) is 23.9. The van der Waals surface area contributed by atoms with Gasteiger partial charge >= 0.3 is 0 Å². The minimum atomic E-state index is -0.497. The molecule has 0 saturated carbocycles. The van der Waals surface area contributed by atoms with Crippen molar-refractivity contribution >= 4 is 34.7 Å². The number of nitro groups is 1. The van der Waals surface area contributed by atoms with Gasteiger partial charge in [-0.1, -0.05) is 30.3 Å². The highest BCUT2D eigenvalue weighted by molar-refractivity contribution is 8.18. The second kappa shape index (κ2) is 8.71. The maximum Gasteiger partial charge on any atom is 0.293 e. The van der Waals surface area contributed by atoms with Crippen LogP contribution >= 0.6 is 11.8 Å². The minimum Gasteiger partial charge on any atom is -0.317 e. The third-order valence-corrected chi connectivity index (χ3v) is 6.66. The third-order valence-electron chi connectivity index (χ3n) is 5.76. The number of thioether (sulfide) groups is 1. The van der Waals surface area contributed by atoms with Crippen LogP contribution < -0.4 is 0 Å². The Bertz CT molecular complexity index is 1320. The lowest BCUT2D eigenvalue weighted by atomic mass is 10.1. The lowest BCUT2D eigenvalue weighted by Gasteiger charge is -2.15. The van der Waals surface area contributed by atoms with Crippen molar-refractivity contribution in [3.05, 3.63) is 97.2 Å². The van der Waals surface area contributed by atoms with E-state index in [9.17, 15) is 19.7 Å². The summed E-state index contributed by atoms with van der Waals surface area (Å²) < 4.78 is 2.17. The van der Waals surface area contributed by atoms with Crippen LogP contribution in [0.5, 0.6) is 0 Å². The molecule has 3 aromatic rings. The molecule has 0 radical (unpaired) electrons. The summed E-state index contributed by atoms with van der Waals surface area (Å²) >= 11 is 0.888. The van der Waals surface area contributed by atoms with Crippen LogP contribution in [-0.2, 0) is 11.3 Å². The van der Waals surface area contributed by atoms with E-state index in [4.69, 9.17) is 0 Å². The van der Waals surface area contributed by atoms with E-state index in [1.165, 1.54) is 12.1 Å². The molecule has 4 rings (SSSR count). The average molecular weight is 462 g/mol. The van der Waals surface area contributed by atoms with E-state index in [0.29, 0.717) is 10.5 Å². The van der Waals surface area contributed by atoms with Gasteiger partial charge in [0, 0.05) is 23.5 Å². The number of hydrogen-bond acceptors (Lipinski definition) is 5. The fourth-order valence-electron chi connectivity index (χ4n) is 4.16. The molecule has 33 heavy (non-hydrogen) atoms. The van der Waals surface area contributed by atoms with Crippen molar-refractivity contribution in [2.45, 2.75) is 34.2 Å². The van der Waals surface area contributed by atoms with Crippen LogP contribution in [0.4, 0.5) is 10.5 Å². The van der Waals surface area contributed by atoms with Crippen molar-refractivity contribution in [3.63, 3.8) is 0 Å². The second-order valence-electron chi connectivity index (χ2n) is 8.10. The summed E-state index contributed by atoms with van der Waals surface area (Å²) in [6, 6.07) is 14.1. The molecule has 168 valence electrons. The van der Waals surface area contributed by atoms with Crippen LogP contribution in [0.2, 0.25) is 0 Å². The lowest BCUT2D eigenvalue weighted by molar-refractivity contribution is -0.384. The molecular weight excluding hydrogens is 438 g/mol. The van der Waals surface area contributed by atoms with Gasteiger partial charge in [0.2, 0.25) is 0 Å². The number of nitrogens with zero attached hydrogens (tertiary/aromatic N) is 3. The minimum absolute atomic E-state index is 0.00882. The molecule has 0 bridgehead atoms. The quantitative estimate of drug-likeness (QED) is 0.270. The molecule has 0 N–H and O–H groups in total. The highest BCUT2D eigenvalue weighted by Crippen LogP contribution is 2.35. The summed E-state index contributed by atoms with van der Waals surface area (Å²) in [5, 5.41) is 10.6. The van der Waals surface area contributed by atoms with E-state index in [1.54, 1.807) is 18.2 Å². The number of aryl methyl sites for hydroxylation is 3. The van der Waals surface area contributed by atoms with E-state index in [0.717, 1.165) is 50.4 Å². The molecule has 2 aromatic carbocycles. The second-order valence-corrected chi connectivity index (χ2v) is 9.09. The predicted molar refractivity (Wildman–Crippen MR) is 129 cm³/mol. The van der Waals surface area contributed by atoms with Gasteiger partial charge in [0.1, 0.15) is 0 Å². The summed E-state index contributed by atoms with van der Waals surface area (Å²) in [5.74, 6) is -0.395. The van der Waals surface area contributed by atoms with Crippen molar-refractivity contribution in [2.24, 2.45) is 0 Å². The van der Waals surface area contributed by atoms with Gasteiger partial charge in [0.15, 0.2) is 0 Å². The topological polar surface area (TPSA) is 85.4 Å². The molecule has 0 unspecified atom stereocenters. The van der Waals surface area contributed by atoms with Crippen LogP contribution in [0.3, 0.4) is 0 Å². The monoisotopic (exact) mass is 461 g/mol. The Morgan fingerprint density at radius 3 is 2.33 bits per heavy atom. The molecule has 0 aliphatic carbocycles. The van der Waals surface area contributed by atoms with E-state index >= 15 is 0 Å². The number of amides is 2. The molecule has 1 aromatic heterocycles. The number of nitro benzene ring substituents is 1. The summed E-state index contributed by atoms with van der Waals surface area (Å²) in [5.41, 5.74) is 6.76. The zero-order valence-electron chi connectivity index (χ0n) is 18.8. The van der Waals surface area contributed by atoms with Gasteiger partial charge < -0.3 is 4.57 Å². The Hall–Kier alpha value is -3.65. The van der Waals surface area contributed by atoms with Crippen molar-refractivity contribution in [1.29, 1.82) is 0 Å². The van der Waals surface area contributed by atoms with Gasteiger partial charge in [-0.25, -0.2) is 0 Å². The van der Waals surface area contributed by atoms with Gasteiger partial charge in [0.05, 0.1) is 22.1 Å². The van der Waals surface area contributed by atoms with Crippen molar-refractivity contribution < 1.29 is 14.5 Å². The van der Waals surface area contributed by atoms with Gasteiger partial charge in [-0.05, 0) is 73.9 Å². The Labute approximate surface area is 195 Å². The fraction of sp³-hybridized carbons (Fsp3) is 0.200. The number of imide groups is 1. The molecule has 2 heterocycles. The van der Waals surface area contributed by atoms with E-state index in [1.807, 2.05) is 26.0 Å². The Balaban J connectivity index is 1.65. The molecule has 8 heteroatoms. The fourth-order valence-corrected chi connectivity index (χ4v) is 4.99. The Morgan fingerprint density at radius 1 is 1.00 bits per heavy atom. The largest absolute Gasteiger partial charge is 0.317 e. The average Bonchev–Trinajstić information content (AvgIpc) is 3.18. The number of rotatable bonds is 5. The van der Waals surface area contributed by atoms with E-state index in [-0.39, 0.29) is 17.5 Å². The first kappa shape index (κ1) is 22.5. The van der Waals surface area contributed by atoms with Crippen LogP contribution in [0.25, 0.3) is 11.8 Å². The highest BCUT2D eigenvalue weighted by Gasteiger charge is 2.35. The molecule has 1 aliphatic heterocycles. The third kappa shape index (κ3) is 4.21. The first-order valence-corrected chi connectivity index (χ1v) is 11.2. The predicted octanol–water partition coefficient (Wildman–Crippen LogP) is 5.86. The van der Waals surface area contributed by atoms with Gasteiger partial charge in [0.25, 0.3) is 16.8 Å². The molecule has 7 nitrogen and oxygen atoms in total. The molecule has 1 aliphatic rings. The molecule has 2 amide bonds. The SMILES string of the molecule is Cc1cccc(C)c1-n1c(C)cc(/C=C2/SC(=O)N(Cc3cccc([N+](=O)[O-])c3)C2=O)c1C. The number of non-ortho nitro benzene ring substituents is 1. The van der Waals surface area contributed by atoms with Crippen molar-refractivity contribution in [1.82, 2.24) is 9.47 Å². The Morgan fingerprint density at radius 2 is 1.67 bits per heavy atom. The van der Waals surface area contributed by atoms with Gasteiger partial charge in [-0.15, -0.1) is 0 Å². The van der Waals surface area contributed by atoms with Crippen molar-refractivity contribution in [3.8, 4) is 5.69 Å². The summed E-state index contributed by atoms with van der Waals surface area (Å²) in [7, 11) is 0. The number of benzene rings is 2. The molecule has 0 spiro atoms. The first-order valence-electron chi connectivity index (χ1n) is 10.4. The first-order chi connectivity index (χ1) is 15.7. The number of hydrogen-bond donors (Lipinski definition) is 0. The molecule has 1 fully saturated rings. The standard InChI is InChI=1S/C25H23N3O4S/c1-15-7-5-8-16(2)23(15)27-17(3)11-20(18(27)4)13-22-24(29)26(25(30)33-22)14-19-9-6-10-21(12-19)28(31)32/h5-13H,14H2,1-4H3/b22-13+. The van der Waals surface area contributed by atoms with Crippen LogP contribution in [0, 0.1) is 37.8 Å². The van der Waals surface area contributed by atoms with Gasteiger partial charge in [-0.3, -0.25) is 24.6 Å². The smallest absolute Gasteiger partial charge is 0.293 e. The van der Waals surface area contributed by atoms with E-state index < -0.39 is 10.8 Å². The van der Waals surface area contributed by atoms with E-state index in [2.05, 4.69) is 30.5 Å². The van der Waals surface area contributed by atoms with Crippen molar-refractivity contribution in [2.75, 3.05) is 0 Å². The zero-order valence-corrected chi connectivity index (χ0v) is 19.6. The molecule has 0 atom stereocenters. The molecular formula is C25H23N3O4S. The number of aromatic nitrogens is 1. The normalized spacial score (nSPS) is 15.0. The number of carbonyl (C=O) groups is 2. The maximum absolute atomic E-state index is 13.0. The Kier molecular flexibility index (Phi) is 5.95. The highest BCUT2D eigenvalue weighted by atomic mass is 32.2. The summed E-state index contributed by atoms with van der Waals surface area (Å²) in [6.45, 7) is 8.15. The van der Waals surface area contributed by atoms with Crippen LogP contribution in [0.15, 0.2) is 53.4 Å². The lowest BCUT2D eigenvalue weighted by Crippen LogP contribution is -2.27. The maximum atomic E-state index is 13.0. The number of carbonyl (C=O) groups excluding carboxylic acids is 2.